The highest BCUT2D eigenvalue weighted by Crippen LogP contribution is 2.21. The number of nitrogens with one attached hydrogen (secondary N) is 1. The number of hydrogen-bond acceptors (Lipinski definition) is 6. The maximum atomic E-state index is 12.7. The average Bonchev–Trinajstić information content (AvgIpc) is 2.68. The number of sulfonamides is 1. The first-order valence-corrected chi connectivity index (χ1v) is 10.9. The Kier molecular flexibility index (Phi) is 6.17. The molecule has 26 heavy (non-hydrogen) atoms. The lowest BCUT2D eigenvalue weighted by Crippen LogP contribution is -2.53. The van der Waals surface area contributed by atoms with Crippen molar-refractivity contribution in [2.75, 3.05) is 51.3 Å². The van der Waals surface area contributed by atoms with Crippen LogP contribution in [0.3, 0.4) is 0 Å². The lowest BCUT2D eigenvalue weighted by molar-refractivity contribution is -0.00570. The number of aromatic nitrogens is 1. The number of hydrogen-bond donors (Lipinski definition) is 1. The molecular formula is C18H30N4O3S. The molecule has 1 aromatic rings. The molecule has 0 aliphatic carbocycles. The van der Waals surface area contributed by atoms with Crippen molar-refractivity contribution in [2.24, 2.45) is 0 Å². The predicted molar refractivity (Wildman–Crippen MR) is 102 cm³/mol. The van der Waals surface area contributed by atoms with E-state index < -0.39 is 10.0 Å². The maximum Gasteiger partial charge on any atom is 0.244 e. The van der Waals surface area contributed by atoms with Crippen LogP contribution in [-0.2, 0) is 14.8 Å². The third-order valence-electron chi connectivity index (χ3n) is 5.26. The van der Waals surface area contributed by atoms with E-state index in [1.54, 1.807) is 16.4 Å². The summed E-state index contributed by atoms with van der Waals surface area (Å²) in [7, 11) is -3.42. The smallest absolute Gasteiger partial charge is 0.244 e. The van der Waals surface area contributed by atoms with Gasteiger partial charge in [0.25, 0.3) is 0 Å². The quantitative estimate of drug-likeness (QED) is 0.808. The van der Waals surface area contributed by atoms with E-state index in [9.17, 15) is 8.42 Å². The van der Waals surface area contributed by atoms with Gasteiger partial charge in [-0.1, -0.05) is 6.42 Å². The molecule has 0 unspecified atom stereocenters. The number of anilines is 1. The van der Waals surface area contributed by atoms with Gasteiger partial charge in [0.05, 0.1) is 13.2 Å². The van der Waals surface area contributed by atoms with Gasteiger partial charge < -0.3 is 10.1 Å². The first-order chi connectivity index (χ1) is 12.4. The molecule has 0 aromatic carbocycles. The van der Waals surface area contributed by atoms with Gasteiger partial charge in [0.1, 0.15) is 10.7 Å². The van der Waals surface area contributed by atoms with E-state index in [0.29, 0.717) is 18.9 Å². The Morgan fingerprint density at radius 2 is 1.81 bits per heavy atom. The van der Waals surface area contributed by atoms with Crippen LogP contribution in [0.2, 0.25) is 0 Å². The van der Waals surface area contributed by atoms with Crippen LogP contribution in [0.25, 0.3) is 0 Å². The van der Waals surface area contributed by atoms with Gasteiger partial charge in [-0.2, -0.15) is 4.31 Å². The van der Waals surface area contributed by atoms with Crippen molar-refractivity contribution < 1.29 is 13.2 Å². The minimum absolute atomic E-state index is 0.0238. The molecule has 3 rings (SSSR count). The van der Waals surface area contributed by atoms with Crippen molar-refractivity contribution >= 4 is 15.8 Å². The second-order valence-corrected chi connectivity index (χ2v) is 9.55. The van der Waals surface area contributed by atoms with Crippen LogP contribution in [0.4, 0.5) is 5.82 Å². The standard InChI is InChI=1S/C18H30N4O3S/c1-18(2,21-10-12-25-13-11-21)15-20-17-7-6-16(14-19-17)26(23,24)22-8-4-3-5-9-22/h6-7,14H,3-5,8-13,15H2,1-2H3,(H,19,20). The first-order valence-electron chi connectivity index (χ1n) is 9.42. The SMILES string of the molecule is CC(C)(CNc1ccc(S(=O)(=O)N2CCCCC2)cn1)N1CCOCC1. The van der Waals surface area contributed by atoms with Gasteiger partial charge in [-0.05, 0) is 38.8 Å². The highest BCUT2D eigenvalue weighted by Gasteiger charge is 2.29. The number of ether oxygens (including phenoxy) is 1. The average molecular weight is 383 g/mol. The van der Waals surface area contributed by atoms with Gasteiger partial charge in [0.15, 0.2) is 0 Å². The minimum atomic E-state index is -3.42. The molecule has 2 aliphatic heterocycles. The third kappa shape index (κ3) is 4.54. The molecular weight excluding hydrogens is 352 g/mol. The van der Waals surface area contributed by atoms with Crippen LogP contribution in [-0.4, -0.2) is 74.1 Å². The predicted octanol–water partition coefficient (Wildman–Crippen LogP) is 1.78. The van der Waals surface area contributed by atoms with Gasteiger partial charge in [-0.25, -0.2) is 13.4 Å². The molecule has 0 atom stereocenters. The lowest BCUT2D eigenvalue weighted by atomic mass is 10.0. The van der Waals surface area contributed by atoms with Crippen LogP contribution in [0.5, 0.6) is 0 Å². The van der Waals surface area contributed by atoms with Crippen LogP contribution < -0.4 is 5.32 Å². The molecule has 0 radical (unpaired) electrons. The summed E-state index contributed by atoms with van der Waals surface area (Å²) in [6.07, 6.45) is 4.44. The van der Waals surface area contributed by atoms with Crippen LogP contribution in [0, 0.1) is 0 Å². The molecule has 1 N–H and O–H groups in total. The molecule has 7 nitrogen and oxygen atoms in total. The Morgan fingerprint density at radius 1 is 1.12 bits per heavy atom. The van der Waals surface area contributed by atoms with Crippen LogP contribution in [0.1, 0.15) is 33.1 Å². The van der Waals surface area contributed by atoms with E-state index in [0.717, 1.165) is 52.1 Å². The Hall–Kier alpha value is -1.22. The number of piperidine rings is 1. The molecule has 146 valence electrons. The first kappa shape index (κ1) is 19.5. The van der Waals surface area contributed by atoms with E-state index in [4.69, 9.17) is 4.74 Å². The molecule has 0 spiro atoms. The zero-order valence-corrected chi connectivity index (χ0v) is 16.6. The van der Waals surface area contributed by atoms with E-state index in [2.05, 4.69) is 29.0 Å². The van der Waals surface area contributed by atoms with E-state index in [1.807, 2.05) is 0 Å². The summed E-state index contributed by atoms with van der Waals surface area (Å²) < 4.78 is 32.3. The normalized spacial score (nSPS) is 20.8. The zero-order chi connectivity index (χ0) is 18.6. The summed E-state index contributed by atoms with van der Waals surface area (Å²) in [5.41, 5.74) is -0.0238. The molecule has 2 fully saturated rings. The number of nitrogens with zero attached hydrogens (tertiary/aromatic N) is 3. The van der Waals surface area contributed by atoms with Crippen LogP contribution in [0.15, 0.2) is 23.2 Å². The number of pyridine rings is 1. The van der Waals surface area contributed by atoms with Crippen molar-refractivity contribution in [3.8, 4) is 0 Å². The van der Waals surface area contributed by atoms with E-state index in [1.165, 1.54) is 6.20 Å². The second kappa shape index (κ2) is 8.21. The minimum Gasteiger partial charge on any atom is -0.379 e. The van der Waals surface area contributed by atoms with Gasteiger partial charge >= 0.3 is 0 Å². The number of rotatable bonds is 6. The van der Waals surface area contributed by atoms with Gasteiger partial charge in [0, 0.05) is 44.5 Å². The molecule has 2 aliphatic rings. The molecule has 3 heterocycles. The molecule has 0 bridgehead atoms. The fourth-order valence-electron chi connectivity index (χ4n) is 3.48. The van der Waals surface area contributed by atoms with Crippen molar-refractivity contribution in [2.45, 2.75) is 43.5 Å². The van der Waals surface area contributed by atoms with Gasteiger partial charge in [-0.15, -0.1) is 0 Å². The summed E-state index contributed by atoms with van der Waals surface area (Å²) in [5.74, 6) is 0.698. The van der Waals surface area contributed by atoms with Crippen molar-refractivity contribution in [3.05, 3.63) is 18.3 Å². The molecule has 0 amide bonds. The summed E-state index contributed by atoms with van der Waals surface area (Å²) >= 11 is 0. The fourth-order valence-corrected chi connectivity index (χ4v) is 4.94. The summed E-state index contributed by atoms with van der Waals surface area (Å²) in [6, 6.07) is 3.41. The molecule has 0 saturated carbocycles. The van der Waals surface area contributed by atoms with Gasteiger partial charge in [-0.3, -0.25) is 4.90 Å². The third-order valence-corrected chi connectivity index (χ3v) is 7.14. The monoisotopic (exact) mass is 382 g/mol. The Labute approximate surface area is 156 Å². The highest BCUT2D eigenvalue weighted by atomic mass is 32.2. The molecule has 1 aromatic heterocycles. The molecule has 8 heteroatoms. The Bertz CT molecular complexity index is 679. The Balaban J connectivity index is 1.60. The lowest BCUT2D eigenvalue weighted by Gasteiger charge is -2.41. The summed E-state index contributed by atoms with van der Waals surface area (Å²) in [4.78, 5) is 7.00. The summed E-state index contributed by atoms with van der Waals surface area (Å²) in [6.45, 7) is 9.73. The van der Waals surface area contributed by atoms with Crippen molar-refractivity contribution in [1.82, 2.24) is 14.2 Å². The maximum absolute atomic E-state index is 12.7. The Morgan fingerprint density at radius 3 is 2.42 bits per heavy atom. The summed E-state index contributed by atoms with van der Waals surface area (Å²) in [5, 5.41) is 3.34. The van der Waals surface area contributed by atoms with Crippen LogP contribution >= 0.6 is 0 Å². The largest absolute Gasteiger partial charge is 0.379 e. The van der Waals surface area contributed by atoms with Gasteiger partial charge in [0.2, 0.25) is 10.0 Å². The van der Waals surface area contributed by atoms with E-state index in [-0.39, 0.29) is 10.4 Å². The highest BCUT2D eigenvalue weighted by molar-refractivity contribution is 7.89. The van der Waals surface area contributed by atoms with Crippen molar-refractivity contribution in [1.29, 1.82) is 0 Å². The topological polar surface area (TPSA) is 74.8 Å². The fraction of sp³-hybridized carbons (Fsp3) is 0.722. The van der Waals surface area contributed by atoms with Crippen molar-refractivity contribution in [3.63, 3.8) is 0 Å². The second-order valence-electron chi connectivity index (χ2n) is 7.61. The zero-order valence-electron chi connectivity index (χ0n) is 15.8. The number of morpholine rings is 1. The molecule has 2 saturated heterocycles. The van der Waals surface area contributed by atoms with E-state index >= 15 is 0 Å².